The summed E-state index contributed by atoms with van der Waals surface area (Å²) < 4.78 is 7.92. The summed E-state index contributed by atoms with van der Waals surface area (Å²) in [6.45, 7) is 12.3. The lowest BCUT2D eigenvalue weighted by Crippen LogP contribution is -2.46. The van der Waals surface area contributed by atoms with Gasteiger partial charge in [-0.05, 0) is 65.7 Å². The first-order chi connectivity index (χ1) is 13.1. The largest absolute Gasteiger partial charge is 0.356 e. The van der Waals surface area contributed by atoms with Gasteiger partial charge in [0.1, 0.15) is 5.82 Å². The summed E-state index contributed by atoms with van der Waals surface area (Å²) in [5.41, 5.74) is 0.393. The molecule has 1 saturated heterocycles. The van der Waals surface area contributed by atoms with E-state index < -0.39 is 17.6 Å². The number of aliphatic hydroxyl groups excluding tert-OH is 1. The van der Waals surface area contributed by atoms with Crippen LogP contribution in [0.2, 0.25) is 0 Å². The lowest BCUT2D eigenvalue weighted by Gasteiger charge is -2.32. The van der Waals surface area contributed by atoms with Gasteiger partial charge in [0.2, 0.25) is 12.3 Å². The van der Waals surface area contributed by atoms with E-state index in [0.29, 0.717) is 24.9 Å². The fraction of sp³-hybridized carbons (Fsp3) is 0.810. The number of rotatable bonds is 5. The SMILES string of the molecule is CC(C)(C)OC(O)N1C[C@@H]2[C@H](C1)[C@H]2C(=O)NC(C)(C)c1ncc2n1CCCC2. The fourth-order valence-electron chi connectivity index (χ4n) is 4.90. The van der Waals surface area contributed by atoms with Crippen molar-refractivity contribution in [1.82, 2.24) is 19.8 Å². The number of fused-ring (bicyclic) bond motifs is 2. The second-order valence-corrected chi connectivity index (χ2v) is 10.2. The number of nitrogens with one attached hydrogen (secondary N) is 1. The summed E-state index contributed by atoms with van der Waals surface area (Å²) in [5, 5.41) is 13.5. The topological polar surface area (TPSA) is 79.6 Å². The zero-order valence-corrected chi connectivity index (χ0v) is 17.7. The number of piperidine rings is 1. The number of carbonyl (C=O) groups is 1. The predicted molar refractivity (Wildman–Crippen MR) is 105 cm³/mol. The van der Waals surface area contributed by atoms with Gasteiger partial charge in [0.05, 0.1) is 11.1 Å². The molecule has 4 atom stereocenters. The second kappa shape index (κ2) is 6.82. The van der Waals surface area contributed by atoms with Crippen LogP contribution in [0, 0.1) is 17.8 Å². The van der Waals surface area contributed by atoms with Crippen LogP contribution in [0.4, 0.5) is 0 Å². The number of amides is 1. The van der Waals surface area contributed by atoms with E-state index in [0.717, 1.165) is 18.8 Å². The molecule has 1 unspecified atom stereocenters. The molecule has 0 aromatic carbocycles. The zero-order valence-electron chi connectivity index (χ0n) is 17.7. The number of aromatic nitrogens is 2. The van der Waals surface area contributed by atoms with Gasteiger partial charge < -0.3 is 19.7 Å². The molecule has 7 nitrogen and oxygen atoms in total. The van der Waals surface area contributed by atoms with Crippen LogP contribution in [0.3, 0.4) is 0 Å². The Morgan fingerprint density at radius 2 is 1.93 bits per heavy atom. The molecule has 3 aliphatic rings. The minimum atomic E-state index is -0.899. The molecule has 4 rings (SSSR count). The van der Waals surface area contributed by atoms with Crippen molar-refractivity contribution in [3.05, 3.63) is 17.7 Å². The van der Waals surface area contributed by atoms with Crippen LogP contribution in [0.15, 0.2) is 6.20 Å². The van der Waals surface area contributed by atoms with Crippen LogP contribution in [0.5, 0.6) is 0 Å². The average molecular weight is 391 g/mol. The molecule has 156 valence electrons. The molecule has 0 radical (unpaired) electrons. The van der Waals surface area contributed by atoms with Crippen molar-refractivity contribution in [2.75, 3.05) is 13.1 Å². The van der Waals surface area contributed by atoms with Crippen LogP contribution in [0.1, 0.15) is 59.0 Å². The summed E-state index contributed by atoms with van der Waals surface area (Å²) >= 11 is 0. The number of aliphatic hydroxyl groups is 1. The van der Waals surface area contributed by atoms with Crippen molar-refractivity contribution in [3.8, 4) is 0 Å². The molecule has 1 saturated carbocycles. The van der Waals surface area contributed by atoms with Crippen molar-refractivity contribution in [1.29, 1.82) is 0 Å². The van der Waals surface area contributed by atoms with Crippen molar-refractivity contribution >= 4 is 5.91 Å². The number of hydrogen-bond donors (Lipinski definition) is 2. The molecule has 3 heterocycles. The second-order valence-electron chi connectivity index (χ2n) is 10.2. The highest BCUT2D eigenvalue weighted by Crippen LogP contribution is 2.52. The number of carbonyl (C=O) groups excluding carboxylic acids is 1. The van der Waals surface area contributed by atoms with Gasteiger partial charge in [-0.15, -0.1) is 0 Å². The van der Waals surface area contributed by atoms with Gasteiger partial charge in [-0.1, -0.05) is 0 Å². The van der Waals surface area contributed by atoms with Crippen molar-refractivity contribution in [3.63, 3.8) is 0 Å². The van der Waals surface area contributed by atoms with Gasteiger partial charge in [0.25, 0.3) is 0 Å². The van der Waals surface area contributed by atoms with E-state index in [1.54, 1.807) is 0 Å². The molecular formula is C21H34N4O3. The van der Waals surface area contributed by atoms with E-state index in [4.69, 9.17) is 4.74 Å². The Kier molecular flexibility index (Phi) is 4.83. The Morgan fingerprint density at radius 1 is 1.25 bits per heavy atom. The third-order valence-corrected chi connectivity index (χ3v) is 6.29. The van der Waals surface area contributed by atoms with Crippen molar-refractivity contribution in [2.45, 2.75) is 78.0 Å². The van der Waals surface area contributed by atoms with Crippen LogP contribution in [0.25, 0.3) is 0 Å². The Labute approximate surface area is 167 Å². The Balaban J connectivity index is 1.34. The van der Waals surface area contributed by atoms with Crippen LogP contribution in [-0.4, -0.2) is 50.6 Å². The standard InChI is InChI=1S/C21H34N4O3/c1-20(2,3)28-19(27)24-11-14-15(12-24)16(14)17(26)23-21(4,5)18-22-10-13-8-6-7-9-25(13)18/h10,14-16,19,27H,6-9,11-12H2,1-5H3,(H,23,26)/t14-,15+,16+,19?. The van der Waals surface area contributed by atoms with Gasteiger partial charge >= 0.3 is 0 Å². The minimum Gasteiger partial charge on any atom is -0.356 e. The van der Waals surface area contributed by atoms with Crippen molar-refractivity contribution < 1.29 is 14.6 Å². The molecule has 0 spiro atoms. The molecule has 1 aromatic rings. The van der Waals surface area contributed by atoms with Crippen LogP contribution >= 0.6 is 0 Å². The highest BCUT2D eigenvalue weighted by molar-refractivity contribution is 5.83. The molecule has 0 bridgehead atoms. The van der Waals surface area contributed by atoms with Gasteiger partial charge in [-0.2, -0.15) is 0 Å². The maximum atomic E-state index is 12.9. The highest BCUT2D eigenvalue weighted by Gasteiger charge is 2.60. The molecule has 2 aliphatic heterocycles. The molecule has 7 heteroatoms. The van der Waals surface area contributed by atoms with E-state index in [1.807, 2.05) is 45.7 Å². The molecule has 2 fully saturated rings. The Morgan fingerprint density at radius 3 is 2.57 bits per heavy atom. The van der Waals surface area contributed by atoms with Crippen molar-refractivity contribution in [2.24, 2.45) is 17.8 Å². The molecule has 28 heavy (non-hydrogen) atoms. The van der Waals surface area contributed by atoms with Gasteiger partial charge in [-0.25, -0.2) is 4.98 Å². The third kappa shape index (κ3) is 3.72. The van der Waals surface area contributed by atoms with E-state index in [9.17, 15) is 9.90 Å². The first-order valence-corrected chi connectivity index (χ1v) is 10.5. The molecule has 1 aliphatic carbocycles. The van der Waals surface area contributed by atoms with Gasteiger partial charge in [-0.3, -0.25) is 9.69 Å². The summed E-state index contributed by atoms with van der Waals surface area (Å²) in [4.78, 5) is 19.5. The lowest BCUT2D eigenvalue weighted by atomic mass is 10.0. The van der Waals surface area contributed by atoms with Gasteiger partial charge in [0, 0.05) is 37.4 Å². The summed E-state index contributed by atoms with van der Waals surface area (Å²) in [5.74, 6) is 1.72. The maximum absolute atomic E-state index is 12.9. The van der Waals surface area contributed by atoms with E-state index in [2.05, 4.69) is 14.9 Å². The van der Waals surface area contributed by atoms with E-state index >= 15 is 0 Å². The fourth-order valence-corrected chi connectivity index (χ4v) is 4.90. The average Bonchev–Trinajstić information content (AvgIpc) is 2.96. The molecule has 2 N–H and O–H groups in total. The predicted octanol–water partition coefficient (Wildman–Crippen LogP) is 1.84. The van der Waals surface area contributed by atoms with Gasteiger partial charge in [0.15, 0.2) is 0 Å². The monoisotopic (exact) mass is 390 g/mol. The van der Waals surface area contributed by atoms with E-state index in [1.165, 1.54) is 18.5 Å². The summed E-state index contributed by atoms with van der Waals surface area (Å²) in [6, 6.07) is 0. The quantitative estimate of drug-likeness (QED) is 0.750. The normalized spacial score (nSPS) is 28.6. The Bertz CT molecular complexity index is 739. The minimum absolute atomic E-state index is 0.0353. The number of ether oxygens (including phenoxy) is 1. The molecule has 1 aromatic heterocycles. The highest BCUT2D eigenvalue weighted by atomic mass is 16.6. The maximum Gasteiger partial charge on any atom is 0.224 e. The van der Waals surface area contributed by atoms with Crippen LogP contribution < -0.4 is 5.32 Å². The number of likely N-dealkylation sites (tertiary alicyclic amines) is 1. The third-order valence-electron chi connectivity index (χ3n) is 6.29. The molecule has 1 amide bonds. The zero-order chi connectivity index (χ0) is 20.3. The summed E-state index contributed by atoms with van der Waals surface area (Å²) in [7, 11) is 0. The first kappa shape index (κ1) is 19.9. The van der Waals surface area contributed by atoms with Crippen LogP contribution in [-0.2, 0) is 28.0 Å². The summed E-state index contributed by atoms with van der Waals surface area (Å²) in [6.07, 6.45) is 4.51. The smallest absolute Gasteiger partial charge is 0.224 e. The van der Waals surface area contributed by atoms with E-state index in [-0.39, 0.29) is 11.8 Å². The lowest BCUT2D eigenvalue weighted by molar-refractivity contribution is -0.236. The number of hydrogen-bond acceptors (Lipinski definition) is 5. The Hall–Kier alpha value is -1.44. The molecular weight excluding hydrogens is 356 g/mol. The number of imidazole rings is 1. The first-order valence-electron chi connectivity index (χ1n) is 10.5. The number of aryl methyl sites for hydroxylation is 1. The number of nitrogens with zero attached hydrogens (tertiary/aromatic N) is 3.